The molecule has 0 atom stereocenters. The number of aromatic nitrogens is 2. The van der Waals surface area contributed by atoms with Gasteiger partial charge in [-0.1, -0.05) is 39.0 Å². The Morgan fingerprint density at radius 2 is 1.69 bits per heavy atom. The molecule has 0 aliphatic carbocycles. The monoisotopic (exact) mass is 214 g/mol. The molecule has 0 bridgehead atoms. The molecule has 0 N–H and O–H groups in total. The van der Waals surface area contributed by atoms with E-state index in [9.17, 15) is 0 Å². The van der Waals surface area contributed by atoms with Crippen molar-refractivity contribution in [1.29, 1.82) is 0 Å². The topological polar surface area (TPSA) is 25.8 Å². The van der Waals surface area contributed by atoms with Gasteiger partial charge in [-0.25, -0.2) is 9.97 Å². The van der Waals surface area contributed by atoms with Crippen LogP contribution in [0.25, 0.3) is 11.4 Å². The Labute approximate surface area is 97.4 Å². The smallest absolute Gasteiger partial charge is 0.159 e. The van der Waals surface area contributed by atoms with Gasteiger partial charge in [0.25, 0.3) is 0 Å². The molecule has 0 radical (unpaired) electrons. The molecule has 2 rings (SSSR count). The van der Waals surface area contributed by atoms with Crippen molar-refractivity contribution in [2.24, 2.45) is 0 Å². The van der Waals surface area contributed by atoms with Crippen LogP contribution in [0.3, 0.4) is 0 Å². The minimum Gasteiger partial charge on any atom is -0.237 e. The van der Waals surface area contributed by atoms with Crippen molar-refractivity contribution in [3.05, 3.63) is 48.3 Å². The Kier molecular flexibility index (Phi) is 5.20. The average molecular weight is 214 g/mol. The van der Waals surface area contributed by atoms with Crippen molar-refractivity contribution in [3.8, 4) is 11.4 Å². The second kappa shape index (κ2) is 6.72. The van der Waals surface area contributed by atoms with E-state index in [1.165, 1.54) is 5.56 Å². The second-order valence-corrected chi connectivity index (χ2v) is 3.13. The Hall–Kier alpha value is -1.70. The molecule has 84 valence electrons. The number of benzene rings is 1. The highest BCUT2D eigenvalue weighted by Gasteiger charge is 1.99. The zero-order valence-electron chi connectivity index (χ0n) is 10.1. The summed E-state index contributed by atoms with van der Waals surface area (Å²) in [6.45, 7) is 6.14. The molecule has 1 aromatic carbocycles. The molecular weight excluding hydrogens is 196 g/mol. The lowest BCUT2D eigenvalue weighted by Gasteiger charge is -2.01. The highest BCUT2D eigenvalue weighted by Crippen LogP contribution is 2.15. The number of hydrogen-bond donors (Lipinski definition) is 0. The summed E-state index contributed by atoms with van der Waals surface area (Å²) in [5.74, 6) is 0.794. The zero-order chi connectivity index (χ0) is 11.8. The Bertz CT molecular complexity index is 410. The first-order valence-electron chi connectivity index (χ1n) is 5.76. The van der Waals surface area contributed by atoms with Gasteiger partial charge in [0.05, 0.1) is 0 Å². The third-order valence-electron chi connectivity index (χ3n) is 2.16. The number of rotatable bonds is 2. The minimum absolute atomic E-state index is 0.794. The standard InChI is InChI=1S/C12H12N2.C2H6/c1-2-10-5-3-6-11(9-10)12-13-7-4-8-14-12;1-2/h3-9H,2H2,1H3;1-2H3. The first-order chi connectivity index (χ1) is 7.90. The molecule has 0 fully saturated rings. The van der Waals surface area contributed by atoms with Crippen LogP contribution in [-0.2, 0) is 6.42 Å². The molecule has 0 aliphatic rings. The molecule has 16 heavy (non-hydrogen) atoms. The van der Waals surface area contributed by atoms with E-state index >= 15 is 0 Å². The van der Waals surface area contributed by atoms with E-state index in [4.69, 9.17) is 0 Å². The molecule has 1 heterocycles. The molecular formula is C14H18N2. The molecule has 0 aliphatic heterocycles. The summed E-state index contributed by atoms with van der Waals surface area (Å²) in [5.41, 5.74) is 2.40. The van der Waals surface area contributed by atoms with Crippen molar-refractivity contribution in [2.75, 3.05) is 0 Å². The fraction of sp³-hybridized carbons (Fsp3) is 0.286. The highest BCUT2D eigenvalue weighted by atomic mass is 14.8. The van der Waals surface area contributed by atoms with E-state index in [0.29, 0.717) is 0 Å². The maximum absolute atomic E-state index is 4.21. The molecule has 0 amide bonds. The molecule has 1 aromatic heterocycles. The van der Waals surface area contributed by atoms with Gasteiger partial charge in [0.2, 0.25) is 0 Å². The largest absolute Gasteiger partial charge is 0.237 e. The summed E-state index contributed by atoms with van der Waals surface area (Å²) in [5, 5.41) is 0. The van der Waals surface area contributed by atoms with E-state index in [-0.39, 0.29) is 0 Å². The van der Waals surface area contributed by atoms with Crippen molar-refractivity contribution in [2.45, 2.75) is 27.2 Å². The molecule has 2 nitrogen and oxygen atoms in total. The van der Waals surface area contributed by atoms with Gasteiger partial charge in [-0.2, -0.15) is 0 Å². The third-order valence-corrected chi connectivity index (χ3v) is 2.16. The fourth-order valence-electron chi connectivity index (χ4n) is 1.38. The first-order valence-corrected chi connectivity index (χ1v) is 5.76. The van der Waals surface area contributed by atoms with Crippen LogP contribution < -0.4 is 0 Å². The maximum Gasteiger partial charge on any atom is 0.159 e. The summed E-state index contributed by atoms with van der Waals surface area (Å²) in [7, 11) is 0. The SMILES string of the molecule is CC.CCc1cccc(-c2ncccn2)c1. The van der Waals surface area contributed by atoms with Crippen LogP contribution in [0.2, 0.25) is 0 Å². The van der Waals surface area contributed by atoms with Crippen LogP contribution in [-0.4, -0.2) is 9.97 Å². The predicted molar refractivity (Wildman–Crippen MR) is 68.2 cm³/mol. The lowest BCUT2D eigenvalue weighted by atomic mass is 10.1. The fourth-order valence-corrected chi connectivity index (χ4v) is 1.38. The van der Waals surface area contributed by atoms with E-state index in [2.05, 4.69) is 29.0 Å². The zero-order valence-corrected chi connectivity index (χ0v) is 10.1. The van der Waals surface area contributed by atoms with Gasteiger partial charge in [-0.05, 0) is 24.1 Å². The number of aryl methyl sites for hydroxylation is 1. The average Bonchev–Trinajstić information content (AvgIpc) is 2.42. The van der Waals surface area contributed by atoms with Crippen LogP contribution >= 0.6 is 0 Å². The number of hydrogen-bond acceptors (Lipinski definition) is 2. The summed E-state index contributed by atoms with van der Waals surface area (Å²) in [4.78, 5) is 8.43. The third kappa shape index (κ3) is 3.16. The van der Waals surface area contributed by atoms with Crippen LogP contribution in [0, 0.1) is 0 Å². The van der Waals surface area contributed by atoms with Gasteiger partial charge in [0.15, 0.2) is 5.82 Å². The maximum atomic E-state index is 4.21. The quantitative estimate of drug-likeness (QED) is 0.761. The van der Waals surface area contributed by atoms with Gasteiger partial charge in [-0.3, -0.25) is 0 Å². The highest BCUT2D eigenvalue weighted by molar-refractivity contribution is 5.55. The normalized spacial score (nSPS) is 9.19. The molecule has 0 saturated heterocycles. The van der Waals surface area contributed by atoms with E-state index in [0.717, 1.165) is 17.8 Å². The van der Waals surface area contributed by atoms with Crippen LogP contribution in [0.5, 0.6) is 0 Å². The predicted octanol–water partition coefficient (Wildman–Crippen LogP) is 3.73. The van der Waals surface area contributed by atoms with E-state index in [1.54, 1.807) is 12.4 Å². The minimum atomic E-state index is 0.794. The second-order valence-electron chi connectivity index (χ2n) is 3.13. The van der Waals surface area contributed by atoms with Crippen LogP contribution in [0.4, 0.5) is 0 Å². The van der Waals surface area contributed by atoms with Gasteiger partial charge < -0.3 is 0 Å². The number of nitrogens with zero attached hydrogens (tertiary/aromatic N) is 2. The van der Waals surface area contributed by atoms with Gasteiger partial charge in [0.1, 0.15) is 0 Å². The summed E-state index contributed by atoms with van der Waals surface area (Å²) in [6, 6.07) is 10.2. The van der Waals surface area contributed by atoms with Crippen molar-refractivity contribution >= 4 is 0 Å². The van der Waals surface area contributed by atoms with Crippen LogP contribution in [0.15, 0.2) is 42.7 Å². The molecule has 0 unspecified atom stereocenters. The van der Waals surface area contributed by atoms with E-state index in [1.807, 2.05) is 32.0 Å². The van der Waals surface area contributed by atoms with Gasteiger partial charge in [0, 0.05) is 18.0 Å². The summed E-state index contributed by atoms with van der Waals surface area (Å²) in [6.07, 6.45) is 4.57. The molecule has 2 aromatic rings. The lowest BCUT2D eigenvalue weighted by molar-refractivity contribution is 1.13. The lowest BCUT2D eigenvalue weighted by Crippen LogP contribution is -1.88. The van der Waals surface area contributed by atoms with Crippen LogP contribution in [0.1, 0.15) is 26.3 Å². The summed E-state index contributed by atoms with van der Waals surface area (Å²) < 4.78 is 0. The molecule has 0 spiro atoms. The van der Waals surface area contributed by atoms with Crippen molar-refractivity contribution < 1.29 is 0 Å². The first kappa shape index (κ1) is 12.4. The molecule has 0 saturated carbocycles. The molecule has 2 heteroatoms. The summed E-state index contributed by atoms with van der Waals surface area (Å²) >= 11 is 0. The van der Waals surface area contributed by atoms with E-state index < -0.39 is 0 Å². The Morgan fingerprint density at radius 1 is 1.00 bits per heavy atom. The van der Waals surface area contributed by atoms with Gasteiger partial charge >= 0.3 is 0 Å². The Morgan fingerprint density at radius 3 is 2.31 bits per heavy atom. The Balaban J connectivity index is 0.000000606. The van der Waals surface area contributed by atoms with Crippen molar-refractivity contribution in [3.63, 3.8) is 0 Å². The van der Waals surface area contributed by atoms with Crippen molar-refractivity contribution in [1.82, 2.24) is 9.97 Å². The van der Waals surface area contributed by atoms with Gasteiger partial charge in [-0.15, -0.1) is 0 Å².